The van der Waals surface area contributed by atoms with Crippen molar-refractivity contribution in [3.8, 4) is 0 Å². The van der Waals surface area contributed by atoms with Crippen LogP contribution in [0.5, 0.6) is 0 Å². The highest BCUT2D eigenvalue weighted by atomic mass is 35.5. The van der Waals surface area contributed by atoms with Crippen LogP contribution in [0.3, 0.4) is 0 Å². The second-order valence-electron chi connectivity index (χ2n) is 6.79. The van der Waals surface area contributed by atoms with Crippen molar-refractivity contribution in [3.63, 3.8) is 0 Å². The van der Waals surface area contributed by atoms with Crippen molar-refractivity contribution in [2.24, 2.45) is 0 Å². The molecule has 2 atom stereocenters. The minimum Gasteiger partial charge on any atom is -0.510 e. The molecule has 2 aromatic carbocycles. The number of rotatable bonds is 5. The first kappa shape index (κ1) is 18.6. The molecule has 1 aliphatic rings. The number of aliphatic hydroxyl groups is 2. The zero-order valence-corrected chi connectivity index (χ0v) is 15.6. The SMILES string of the molecule is Cc1ccc(C(=O)C2=C(O)CN(CC(C)O)C2c2ccc(Cl)cc2)cc1. The van der Waals surface area contributed by atoms with Gasteiger partial charge in [-0.15, -0.1) is 0 Å². The van der Waals surface area contributed by atoms with E-state index in [9.17, 15) is 15.0 Å². The Morgan fingerprint density at radius 3 is 2.38 bits per heavy atom. The molecule has 0 aromatic heterocycles. The lowest BCUT2D eigenvalue weighted by atomic mass is 9.92. The largest absolute Gasteiger partial charge is 0.510 e. The number of hydrogen-bond acceptors (Lipinski definition) is 4. The quantitative estimate of drug-likeness (QED) is 0.777. The smallest absolute Gasteiger partial charge is 0.194 e. The first-order valence-electron chi connectivity index (χ1n) is 8.57. The molecule has 0 saturated heterocycles. The fourth-order valence-corrected chi connectivity index (χ4v) is 3.48. The third-order valence-electron chi connectivity index (χ3n) is 4.55. The first-order chi connectivity index (χ1) is 12.4. The Kier molecular flexibility index (Phi) is 5.47. The fourth-order valence-electron chi connectivity index (χ4n) is 3.36. The second-order valence-corrected chi connectivity index (χ2v) is 7.22. The number of hydrogen-bond donors (Lipinski definition) is 2. The number of Topliss-reactive ketones (excluding diaryl/α,β-unsaturated/α-hetero) is 1. The zero-order valence-electron chi connectivity index (χ0n) is 14.8. The standard InChI is InChI=1S/C21H22ClNO3/c1-13-3-5-16(6-4-13)21(26)19-18(25)12-23(11-14(2)24)20(19)15-7-9-17(22)10-8-15/h3-10,14,20,24-25H,11-12H2,1-2H3. The Balaban J connectivity index is 2.02. The van der Waals surface area contributed by atoms with E-state index in [4.69, 9.17) is 11.6 Å². The average Bonchev–Trinajstić information content (AvgIpc) is 2.91. The molecule has 136 valence electrons. The molecule has 5 heteroatoms. The second kappa shape index (κ2) is 7.62. The minimum atomic E-state index is -0.577. The van der Waals surface area contributed by atoms with E-state index in [0.717, 1.165) is 11.1 Å². The summed E-state index contributed by atoms with van der Waals surface area (Å²) in [7, 11) is 0. The maximum Gasteiger partial charge on any atom is 0.194 e. The lowest BCUT2D eigenvalue weighted by molar-refractivity contribution is 0.0981. The molecular weight excluding hydrogens is 350 g/mol. The van der Waals surface area contributed by atoms with Crippen molar-refractivity contribution in [2.45, 2.75) is 26.0 Å². The summed E-state index contributed by atoms with van der Waals surface area (Å²) in [6.45, 7) is 4.23. The predicted octanol–water partition coefficient (Wildman–Crippen LogP) is 4.08. The number of β-amino-alcohol motifs (C(OH)–C–C–N with tert-alkyl or cyclic N) is 1. The van der Waals surface area contributed by atoms with Gasteiger partial charge in [0.25, 0.3) is 0 Å². The highest BCUT2D eigenvalue weighted by molar-refractivity contribution is 6.30. The van der Waals surface area contributed by atoms with Crippen molar-refractivity contribution in [2.75, 3.05) is 13.1 Å². The van der Waals surface area contributed by atoms with Gasteiger partial charge in [0.2, 0.25) is 0 Å². The van der Waals surface area contributed by atoms with E-state index < -0.39 is 12.1 Å². The molecule has 0 fully saturated rings. The van der Waals surface area contributed by atoms with E-state index in [1.54, 1.807) is 31.2 Å². The molecule has 1 heterocycles. The van der Waals surface area contributed by atoms with Crippen LogP contribution in [0.15, 0.2) is 59.9 Å². The topological polar surface area (TPSA) is 60.8 Å². The van der Waals surface area contributed by atoms with Crippen LogP contribution in [0.1, 0.15) is 34.5 Å². The van der Waals surface area contributed by atoms with Gasteiger partial charge in [-0.1, -0.05) is 53.6 Å². The molecule has 0 radical (unpaired) electrons. The Hall–Kier alpha value is -2.14. The van der Waals surface area contributed by atoms with E-state index in [1.165, 1.54) is 0 Å². The molecule has 0 saturated carbocycles. The van der Waals surface area contributed by atoms with Gasteiger partial charge in [-0.05, 0) is 31.5 Å². The van der Waals surface area contributed by atoms with Crippen molar-refractivity contribution >= 4 is 17.4 Å². The molecule has 26 heavy (non-hydrogen) atoms. The van der Waals surface area contributed by atoms with Crippen molar-refractivity contribution in [1.82, 2.24) is 4.90 Å². The fraction of sp³-hybridized carbons (Fsp3) is 0.286. The number of aliphatic hydroxyl groups excluding tert-OH is 2. The number of aryl methyl sites for hydroxylation is 1. The Labute approximate surface area is 158 Å². The lowest BCUT2D eigenvalue weighted by Crippen LogP contribution is -2.33. The summed E-state index contributed by atoms with van der Waals surface area (Å²) in [6.07, 6.45) is -0.577. The van der Waals surface area contributed by atoms with Crippen LogP contribution in [-0.4, -0.2) is 40.1 Å². The van der Waals surface area contributed by atoms with Crippen LogP contribution in [0.2, 0.25) is 5.02 Å². The number of benzene rings is 2. The van der Waals surface area contributed by atoms with Gasteiger partial charge in [-0.2, -0.15) is 0 Å². The van der Waals surface area contributed by atoms with Crippen LogP contribution in [0.4, 0.5) is 0 Å². The van der Waals surface area contributed by atoms with Crippen molar-refractivity contribution in [3.05, 3.63) is 81.6 Å². The lowest BCUT2D eigenvalue weighted by Gasteiger charge is -2.27. The third-order valence-corrected chi connectivity index (χ3v) is 4.80. The van der Waals surface area contributed by atoms with E-state index in [-0.39, 0.29) is 18.1 Å². The van der Waals surface area contributed by atoms with Crippen LogP contribution in [0, 0.1) is 6.92 Å². The molecule has 0 amide bonds. The molecule has 0 bridgehead atoms. The maximum absolute atomic E-state index is 13.1. The molecular formula is C21H22ClNO3. The van der Waals surface area contributed by atoms with E-state index in [1.807, 2.05) is 36.1 Å². The van der Waals surface area contributed by atoms with E-state index in [0.29, 0.717) is 22.7 Å². The first-order valence-corrected chi connectivity index (χ1v) is 8.95. The summed E-state index contributed by atoms with van der Waals surface area (Å²) in [5, 5.41) is 21.0. The third kappa shape index (κ3) is 3.83. The Morgan fingerprint density at radius 2 is 1.81 bits per heavy atom. The number of nitrogens with zero attached hydrogens (tertiary/aromatic N) is 1. The summed E-state index contributed by atoms with van der Waals surface area (Å²) in [6, 6.07) is 14.1. The molecule has 0 spiro atoms. The minimum absolute atomic E-state index is 0.0520. The van der Waals surface area contributed by atoms with Gasteiger partial charge in [0.05, 0.1) is 24.3 Å². The number of ketones is 1. The highest BCUT2D eigenvalue weighted by Gasteiger charge is 2.38. The van der Waals surface area contributed by atoms with Gasteiger partial charge in [-0.3, -0.25) is 9.69 Å². The maximum atomic E-state index is 13.1. The molecule has 2 aromatic rings. The predicted molar refractivity (Wildman–Crippen MR) is 103 cm³/mol. The number of carbonyl (C=O) groups excluding carboxylic acids is 1. The van der Waals surface area contributed by atoms with Crippen molar-refractivity contribution in [1.29, 1.82) is 0 Å². The van der Waals surface area contributed by atoms with Gasteiger partial charge in [0.15, 0.2) is 5.78 Å². The van der Waals surface area contributed by atoms with Gasteiger partial charge in [-0.25, -0.2) is 0 Å². The summed E-state index contributed by atoms with van der Waals surface area (Å²) in [4.78, 5) is 15.0. The molecule has 1 aliphatic heterocycles. The van der Waals surface area contributed by atoms with Crippen LogP contribution in [-0.2, 0) is 0 Å². The molecule has 2 unspecified atom stereocenters. The number of carbonyl (C=O) groups is 1. The summed E-state index contributed by atoms with van der Waals surface area (Å²) < 4.78 is 0. The van der Waals surface area contributed by atoms with Crippen LogP contribution >= 0.6 is 11.6 Å². The van der Waals surface area contributed by atoms with Crippen molar-refractivity contribution < 1.29 is 15.0 Å². The zero-order chi connectivity index (χ0) is 18.8. The highest BCUT2D eigenvalue weighted by Crippen LogP contribution is 2.38. The summed E-state index contributed by atoms with van der Waals surface area (Å²) in [5.74, 6) is -0.147. The molecule has 3 rings (SSSR count). The average molecular weight is 372 g/mol. The van der Waals surface area contributed by atoms with Crippen LogP contribution in [0.25, 0.3) is 0 Å². The van der Waals surface area contributed by atoms with Crippen LogP contribution < -0.4 is 0 Å². The molecule has 4 nitrogen and oxygen atoms in total. The van der Waals surface area contributed by atoms with E-state index in [2.05, 4.69) is 0 Å². The summed E-state index contributed by atoms with van der Waals surface area (Å²) >= 11 is 6.00. The molecule has 2 N–H and O–H groups in total. The van der Waals surface area contributed by atoms with E-state index >= 15 is 0 Å². The number of halogens is 1. The van der Waals surface area contributed by atoms with Gasteiger partial charge < -0.3 is 10.2 Å². The Bertz CT molecular complexity index is 825. The molecule has 0 aliphatic carbocycles. The summed E-state index contributed by atoms with van der Waals surface area (Å²) in [5.41, 5.74) is 2.82. The Morgan fingerprint density at radius 1 is 1.19 bits per heavy atom. The van der Waals surface area contributed by atoms with Gasteiger partial charge >= 0.3 is 0 Å². The van der Waals surface area contributed by atoms with Gasteiger partial charge in [0, 0.05) is 17.1 Å². The normalized spacial score (nSPS) is 19.0. The monoisotopic (exact) mass is 371 g/mol. The van der Waals surface area contributed by atoms with Gasteiger partial charge in [0.1, 0.15) is 5.76 Å².